The number of hydrogen-bond donors (Lipinski definition) is 3. The molecule has 0 saturated carbocycles. The van der Waals surface area contributed by atoms with E-state index >= 15 is 0 Å². The zero-order chi connectivity index (χ0) is 18.5. The minimum atomic E-state index is -0.998. The topological polar surface area (TPSA) is 91.9 Å². The van der Waals surface area contributed by atoms with Gasteiger partial charge in [0.05, 0.1) is 18.3 Å². The summed E-state index contributed by atoms with van der Waals surface area (Å²) in [6.07, 6.45) is -0.998. The Balaban J connectivity index is 1.80. The molecule has 2 aromatic carbocycles. The highest BCUT2D eigenvalue weighted by Gasteiger charge is 2.19. The minimum absolute atomic E-state index is 0.0361. The van der Waals surface area contributed by atoms with Crippen molar-refractivity contribution in [2.45, 2.75) is 19.6 Å². The van der Waals surface area contributed by atoms with Crippen molar-refractivity contribution in [2.24, 2.45) is 0 Å². The van der Waals surface area contributed by atoms with Crippen LogP contribution in [0.25, 0.3) is 11.0 Å². The lowest BCUT2D eigenvalue weighted by atomic mass is 10.1. The molecule has 3 aromatic rings. The van der Waals surface area contributed by atoms with Gasteiger partial charge in [0.1, 0.15) is 23.7 Å². The van der Waals surface area contributed by atoms with Gasteiger partial charge in [0.15, 0.2) is 0 Å². The summed E-state index contributed by atoms with van der Waals surface area (Å²) in [6.45, 7) is 1.68. The number of nitrogens with one attached hydrogen (secondary N) is 1. The second kappa shape index (κ2) is 8.03. The predicted molar refractivity (Wildman–Crippen MR) is 97.2 cm³/mol. The number of amides is 1. The molecular formula is C20H21NO5. The second-order valence-electron chi connectivity index (χ2n) is 6.01. The number of benzene rings is 2. The lowest BCUT2D eigenvalue weighted by molar-refractivity contribution is 0.0802. The highest BCUT2D eigenvalue weighted by Crippen LogP contribution is 2.29. The van der Waals surface area contributed by atoms with Crippen LogP contribution in [0.4, 0.5) is 0 Å². The summed E-state index contributed by atoms with van der Waals surface area (Å²) in [4.78, 5) is 12.4. The Morgan fingerprint density at radius 2 is 2.00 bits per heavy atom. The van der Waals surface area contributed by atoms with E-state index in [0.717, 1.165) is 5.56 Å². The minimum Gasteiger partial charge on any atom is -0.489 e. The van der Waals surface area contributed by atoms with Crippen LogP contribution in [0.5, 0.6) is 5.75 Å². The third-order valence-corrected chi connectivity index (χ3v) is 4.02. The summed E-state index contributed by atoms with van der Waals surface area (Å²) in [7, 11) is 0. The molecule has 6 heteroatoms. The first-order chi connectivity index (χ1) is 12.6. The first kappa shape index (κ1) is 18.0. The third kappa shape index (κ3) is 4.04. The van der Waals surface area contributed by atoms with E-state index in [9.17, 15) is 9.90 Å². The molecule has 26 heavy (non-hydrogen) atoms. The Hall–Kier alpha value is -2.83. The molecule has 0 aliphatic heterocycles. The van der Waals surface area contributed by atoms with Gasteiger partial charge in [-0.3, -0.25) is 4.79 Å². The molecule has 0 bridgehead atoms. The van der Waals surface area contributed by atoms with Gasteiger partial charge in [0, 0.05) is 11.9 Å². The SMILES string of the molecule is Cc1oc2ccc(OCc3ccccc3)cc2c1C(=O)NCC(O)CO. The number of furan rings is 1. The van der Waals surface area contributed by atoms with Crippen LogP contribution in [-0.4, -0.2) is 35.4 Å². The van der Waals surface area contributed by atoms with Crippen molar-refractivity contribution in [2.75, 3.05) is 13.2 Å². The first-order valence-electron chi connectivity index (χ1n) is 8.35. The molecule has 1 unspecified atom stereocenters. The second-order valence-corrected chi connectivity index (χ2v) is 6.01. The van der Waals surface area contributed by atoms with Crippen LogP contribution >= 0.6 is 0 Å². The van der Waals surface area contributed by atoms with Crippen molar-refractivity contribution in [1.82, 2.24) is 5.32 Å². The molecule has 0 aliphatic carbocycles. The summed E-state index contributed by atoms with van der Waals surface area (Å²) in [5.41, 5.74) is 2.03. The maximum Gasteiger partial charge on any atom is 0.255 e. The summed E-state index contributed by atoms with van der Waals surface area (Å²) >= 11 is 0. The molecule has 0 saturated heterocycles. The molecule has 0 aliphatic rings. The van der Waals surface area contributed by atoms with Gasteiger partial charge in [-0.2, -0.15) is 0 Å². The quantitative estimate of drug-likeness (QED) is 0.605. The van der Waals surface area contributed by atoms with Crippen LogP contribution in [0.1, 0.15) is 21.7 Å². The monoisotopic (exact) mass is 355 g/mol. The fourth-order valence-corrected chi connectivity index (χ4v) is 2.68. The zero-order valence-electron chi connectivity index (χ0n) is 14.4. The van der Waals surface area contributed by atoms with E-state index in [-0.39, 0.29) is 12.5 Å². The van der Waals surface area contributed by atoms with Gasteiger partial charge < -0.3 is 24.7 Å². The molecule has 0 fully saturated rings. The Morgan fingerprint density at radius 3 is 2.73 bits per heavy atom. The van der Waals surface area contributed by atoms with Crippen LogP contribution in [0.15, 0.2) is 52.9 Å². The number of rotatable bonds is 7. The molecule has 1 amide bonds. The van der Waals surface area contributed by atoms with Gasteiger partial charge in [0.25, 0.3) is 5.91 Å². The molecule has 1 atom stereocenters. The van der Waals surface area contributed by atoms with E-state index in [1.165, 1.54) is 0 Å². The molecule has 3 N–H and O–H groups in total. The fourth-order valence-electron chi connectivity index (χ4n) is 2.68. The Morgan fingerprint density at radius 1 is 1.23 bits per heavy atom. The van der Waals surface area contributed by atoms with Gasteiger partial charge >= 0.3 is 0 Å². The van der Waals surface area contributed by atoms with Gasteiger partial charge in [-0.15, -0.1) is 0 Å². The maximum absolute atomic E-state index is 12.4. The normalized spacial score (nSPS) is 12.1. The van der Waals surface area contributed by atoms with Crippen LogP contribution in [0.2, 0.25) is 0 Å². The van der Waals surface area contributed by atoms with E-state index in [0.29, 0.717) is 34.6 Å². The van der Waals surface area contributed by atoms with Crippen molar-refractivity contribution >= 4 is 16.9 Å². The average Bonchev–Trinajstić information content (AvgIpc) is 3.00. The standard InChI is InChI=1S/C20H21NO5/c1-13-19(20(24)21-10-15(23)11-22)17-9-16(7-8-18(17)26-13)25-12-14-5-3-2-4-6-14/h2-9,15,22-23H,10-12H2,1H3,(H,21,24). The number of aliphatic hydroxyl groups excluding tert-OH is 2. The van der Waals surface area contributed by atoms with Crippen molar-refractivity contribution in [3.8, 4) is 5.75 Å². The molecular weight excluding hydrogens is 334 g/mol. The fraction of sp³-hybridized carbons (Fsp3) is 0.250. The van der Waals surface area contributed by atoms with Crippen LogP contribution in [-0.2, 0) is 6.61 Å². The Kier molecular flexibility index (Phi) is 5.55. The van der Waals surface area contributed by atoms with E-state index < -0.39 is 12.7 Å². The number of fused-ring (bicyclic) bond motifs is 1. The van der Waals surface area contributed by atoms with E-state index in [1.54, 1.807) is 25.1 Å². The largest absolute Gasteiger partial charge is 0.489 e. The smallest absolute Gasteiger partial charge is 0.255 e. The number of aryl methyl sites for hydroxylation is 1. The first-order valence-corrected chi connectivity index (χ1v) is 8.35. The molecule has 0 radical (unpaired) electrons. The molecule has 0 spiro atoms. The number of ether oxygens (including phenoxy) is 1. The lowest BCUT2D eigenvalue weighted by Gasteiger charge is -2.09. The number of carbonyl (C=O) groups is 1. The molecule has 3 rings (SSSR count). The van der Waals surface area contributed by atoms with E-state index in [1.807, 2.05) is 30.3 Å². The molecule has 1 heterocycles. The van der Waals surface area contributed by atoms with Crippen molar-refractivity contribution < 1.29 is 24.2 Å². The third-order valence-electron chi connectivity index (χ3n) is 4.02. The van der Waals surface area contributed by atoms with Gasteiger partial charge in [0.2, 0.25) is 0 Å². The van der Waals surface area contributed by atoms with Gasteiger partial charge in [-0.05, 0) is 30.7 Å². The molecule has 1 aromatic heterocycles. The van der Waals surface area contributed by atoms with Crippen LogP contribution < -0.4 is 10.1 Å². The molecule has 6 nitrogen and oxygen atoms in total. The van der Waals surface area contributed by atoms with Crippen LogP contribution in [0, 0.1) is 6.92 Å². The van der Waals surface area contributed by atoms with Gasteiger partial charge in [-0.1, -0.05) is 30.3 Å². The summed E-state index contributed by atoms with van der Waals surface area (Å²) in [5, 5.41) is 21.5. The molecule has 136 valence electrons. The Bertz CT molecular complexity index is 888. The van der Waals surface area contributed by atoms with Crippen molar-refractivity contribution in [3.63, 3.8) is 0 Å². The zero-order valence-corrected chi connectivity index (χ0v) is 14.4. The highest BCUT2D eigenvalue weighted by molar-refractivity contribution is 6.07. The maximum atomic E-state index is 12.4. The predicted octanol–water partition coefficient (Wildman–Crippen LogP) is 2.40. The summed E-state index contributed by atoms with van der Waals surface area (Å²) in [6, 6.07) is 15.1. The number of carbonyl (C=O) groups excluding carboxylic acids is 1. The lowest BCUT2D eigenvalue weighted by Crippen LogP contribution is -2.34. The van der Waals surface area contributed by atoms with Crippen LogP contribution in [0.3, 0.4) is 0 Å². The number of aliphatic hydroxyl groups is 2. The van der Waals surface area contributed by atoms with Crippen molar-refractivity contribution in [1.29, 1.82) is 0 Å². The highest BCUT2D eigenvalue weighted by atomic mass is 16.5. The van der Waals surface area contributed by atoms with Gasteiger partial charge in [-0.25, -0.2) is 0 Å². The van der Waals surface area contributed by atoms with E-state index in [4.69, 9.17) is 14.3 Å². The Labute approximate surface area is 151 Å². The van der Waals surface area contributed by atoms with E-state index in [2.05, 4.69) is 5.32 Å². The number of hydrogen-bond acceptors (Lipinski definition) is 5. The summed E-state index contributed by atoms with van der Waals surface area (Å²) < 4.78 is 11.5. The summed E-state index contributed by atoms with van der Waals surface area (Å²) in [5.74, 6) is 0.747. The average molecular weight is 355 g/mol. The van der Waals surface area contributed by atoms with Crippen molar-refractivity contribution in [3.05, 3.63) is 65.4 Å².